The second-order valence-electron chi connectivity index (χ2n) is 8.17. The van der Waals surface area contributed by atoms with Crippen LogP contribution in [-0.4, -0.2) is 25.2 Å². The number of benzene rings is 4. The quantitative estimate of drug-likeness (QED) is 0.166. The van der Waals surface area contributed by atoms with Crippen LogP contribution in [0.1, 0.15) is 40.1 Å². The van der Waals surface area contributed by atoms with Gasteiger partial charge in [0.15, 0.2) is 0 Å². The van der Waals surface area contributed by atoms with Gasteiger partial charge in [-0.25, -0.2) is 9.59 Å². The molecule has 0 N–H and O–H groups in total. The Balaban J connectivity index is 1.44. The number of rotatable bonds is 10. The van der Waals surface area contributed by atoms with Gasteiger partial charge in [0.05, 0.1) is 24.3 Å². The van der Waals surface area contributed by atoms with Crippen molar-refractivity contribution >= 4 is 18.0 Å². The molecule has 0 saturated heterocycles. The summed E-state index contributed by atoms with van der Waals surface area (Å²) >= 11 is 0. The Labute approximate surface area is 222 Å². The molecule has 0 aliphatic carbocycles. The monoisotopic (exact) mass is 508 g/mol. The van der Waals surface area contributed by atoms with Crippen molar-refractivity contribution in [3.8, 4) is 34.1 Å². The fourth-order valence-electron chi connectivity index (χ4n) is 3.78. The van der Waals surface area contributed by atoms with Crippen LogP contribution >= 0.6 is 0 Å². The Morgan fingerprint density at radius 3 is 1.55 bits per heavy atom. The fraction of sp³-hybridized carbons (Fsp3) is 0.125. The van der Waals surface area contributed by atoms with Gasteiger partial charge in [-0.3, -0.25) is 0 Å². The van der Waals surface area contributed by atoms with E-state index < -0.39 is 11.9 Å². The van der Waals surface area contributed by atoms with Crippen molar-refractivity contribution in [1.29, 1.82) is 0 Å². The lowest BCUT2D eigenvalue weighted by Crippen LogP contribution is -2.09. The molecular formula is C32H28O6. The van der Waals surface area contributed by atoms with Gasteiger partial charge in [0.25, 0.3) is 0 Å². The third-order valence-corrected chi connectivity index (χ3v) is 5.63. The standard InChI is InChI=1S/C32H28O6/c1-4-22-21-25(32(34)38-29-18-14-27(15-19-29)36-6-3)11-20-30(22)23-7-9-24(10-8-23)31(33)37-28-16-12-26(13-17-28)35-5-2/h4,7-21H,1,5-6H2,2-3H3. The van der Waals surface area contributed by atoms with Gasteiger partial charge in [-0.15, -0.1) is 0 Å². The van der Waals surface area contributed by atoms with E-state index in [0.717, 1.165) is 16.7 Å². The van der Waals surface area contributed by atoms with E-state index in [-0.39, 0.29) is 0 Å². The minimum Gasteiger partial charge on any atom is -0.494 e. The molecule has 0 radical (unpaired) electrons. The summed E-state index contributed by atoms with van der Waals surface area (Å²) < 4.78 is 21.8. The zero-order valence-corrected chi connectivity index (χ0v) is 21.3. The van der Waals surface area contributed by atoms with E-state index >= 15 is 0 Å². The molecule has 0 heterocycles. The molecule has 0 saturated carbocycles. The Hall–Kier alpha value is -4.84. The van der Waals surface area contributed by atoms with Crippen molar-refractivity contribution in [3.63, 3.8) is 0 Å². The van der Waals surface area contributed by atoms with E-state index in [0.29, 0.717) is 47.3 Å². The Morgan fingerprint density at radius 2 is 1.08 bits per heavy atom. The van der Waals surface area contributed by atoms with E-state index in [4.69, 9.17) is 18.9 Å². The highest BCUT2D eigenvalue weighted by Crippen LogP contribution is 2.28. The normalized spacial score (nSPS) is 10.4. The van der Waals surface area contributed by atoms with Gasteiger partial charge in [-0.1, -0.05) is 30.9 Å². The highest BCUT2D eigenvalue weighted by atomic mass is 16.5. The van der Waals surface area contributed by atoms with Crippen molar-refractivity contribution in [3.05, 3.63) is 114 Å². The molecule has 4 rings (SSSR count). The molecule has 0 atom stereocenters. The SMILES string of the molecule is C=Cc1cc(C(=O)Oc2ccc(OCC)cc2)ccc1-c1ccc(C(=O)Oc2ccc(OCC)cc2)cc1. The van der Waals surface area contributed by atoms with E-state index in [2.05, 4.69) is 6.58 Å². The first-order valence-corrected chi connectivity index (χ1v) is 12.3. The van der Waals surface area contributed by atoms with Crippen LogP contribution in [-0.2, 0) is 0 Å². The van der Waals surface area contributed by atoms with E-state index in [1.807, 2.05) is 32.0 Å². The van der Waals surface area contributed by atoms with Crippen molar-refractivity contribution in [2.45, 2.75) is 13.8 Å². The zero-order chi connectivity index (χ0) is 26.9. The number of hydrogen-bond acceptors (Lipinski definition) is 6. The molecule has 0 bridgehead atoms. The lowest BCUT2D eigenvalue weighted by atomic mass is 9.96. The Bertz CT molecular complexity index is 1400. The van der Waals surface area contributed by atoms with Crippen molar-refractivity contribution in [1.82, 2.24) is 0 Å². The summed E-state index contributed by atoms with van der Waals surface area (Å²) in [5, 5.41) is 0. The van der Waals surface area contributed by atoms with E-state index in [1.54, 1.807) is 78.9 Å². The maximum Gasteiger partial charge on any atom is 0.343 e. The van der Waals surface area contributed by atoms with Crippen molar-refractivity contribution in [2.75, 3.05) is 13.2 Å². The van der Waals surface area contributed by atoms with Crippen LogP contribution in [0.3, 0.4) is 0 Å². The molecule has 4 aromatic rings. The second kappa shape index (κ2) is 12.4. The summed E-state index contributed by atoms with van der Waals surface area (Å²) in [5.41, 5.74) is 3.30. The molecule has 0 aliphatic heterocycles. The lowest BCUT2D eigenvalue weighted by molar-refractivity contribution is 0.0725. The molecule has 6 nitrogen and oxygen atoms in total. The molecule has 0 spiro atoms. The molecular weight excluding hydrogens is 480 g/mol. The number of ether oxygens (including phenoxy) is 4. The Kier molecular flexibility index (Phi) is 8.57. The largest absolute Gasteiger partial charge is 0.494 e. The molecule has 38 heavy (non-hydrogen) atoms. The molecule has 6 heteroatoms. The van der Waals surface area contributed by atoms with Crippen LogP contribution in [0.25, 0.3) is 17.2 Å². The molecule has 0 aliphatic rings. The van der Waals surface area contributed by atoms with E-state index in [9.17, 15) is 9.59 Å². The summed E-state index contributed by atoms with van der Waals surface area (Å²) in [6.07, 6.45) is 1.68. The number of esters is 2. The smallest absolute Gasteiger partial charge is 0.343 e. The molecule has 0 fully saturated rings. The van der Waals surface area contributed by atoms with Crippen LogP contribution in [0, 0.1) is 0 Å². The van der Waals surface area contributed by atoms with Crippen LogP contribution in [0.5, 0.6) is 23.0 Å². The third-order valence-electron chi connectivity index (χ3n) is 5.63. The first-order chi connectivity index (χ1) is 18.5. The van der Waals surface area contributed by atoms with Crippen LogP contribution in [0.2, 0.25) is 0 Å². The summed E-state index contributed by atoms with van der Waals surface area (Å²) in [6.45, 7) is 8.83. The number of carbonyl (C=O) groups excluding carboxylic acids is 2. The maximum atomic E-state index is 12.7. The van der Waals surface area contributed by atoms with Gasteiger partial charge in [-0.05, 0) is 103 Å². The zero-order valence-electron chi connectivity index (χ0n) is 21.3. The van der Waals surface area contributed by atoms with E-state index in [1.165, 1.54) is 0 Å². The highest BCUT2D eigenvalue weighted by Gasteiger charge is 2.14. The number of hydrogen-bond donors (Lipinski definition) is 0. The fourth-order valence-corrected chi connectivity index (χ4v) is 3.78. The Morgan fingerprint density at radius 1 is 0.632 bits per heavy atom. The van der Waals surface area contributed by atoms with Crippen LogP contribution in [0.15, 0.2) is 97.6 Å². The van der Waals surface area contributed by atoms with Crippen molar-refractivity contribution < 1.29 is 28.5 Å². The lowest BCUT2D eigenvalue weighted by Gasteiger charge is -2.11. The first kappa shape index (κ1) is 26.2. The van der Waals surface area contributed by atoms with Gasteiger partial charge in [0.1, 0.15) is 23.0 Å². The molecule has 0 amide bonds. The van der Waals surface area contributed by atoms with Crippen LogP contribution in [0.4, 0.5) is 0 Å². The summed E-state index contributed by atoms with van der Waals surface area (Å²) in [5.74, 6) is 1.35. The molecule has 192 valence electrons. The predicted molar refractivity (Wildman–Crippen MR) is 147 cm³/mol. The summed E-state index contributed by atoms with van der Waals surface area (Å²) in [4.78, 5) is 25.3. The van der Waals surface area contributed by atoms with Gasteiger partial charge in [-0.2, -0.15) is 0 Å². The molecule has 4 aromatic carbocycles. The predicted octanol–water partition coefficient (Wildman–Crippen LogP) is 7.23. The highest BCUT2D eigenvalue weighted by molar-refractivity contribution is 5.94. The van der Waals surface area contributed by atoms with Gasteiger partial charge in [0, 0.05) is 0 Å². The third kappa shape index (κ3) is 6.48. The van der Waals surface area contributed by atoms with Gasteiger partial charge < -0.3 is 18.9 Å². The summed E-state index contributed by atoms with van der Waals surface area (Å²) in [6, 6.07) is 26.1. The van der Waals surface area contributed by atoms with Crippen LogP contribution < -0.4 is 18.9 Å². The maximum absolute atomic E-state index is 12.7. The minimum absolute atomic E-state index is 0.396. The average molecular weight is 509 g/mol. The average Bonchev–Trinajstić information content (AvgIpc) is 2.95. The first-order valence-electron chi connectivity index (χ1n) is 12.3. The molecule has 0 aromatic heterocycles. The molecule has 0 unspecified atom stereocenters. The van der Waals surface area contributed by atoms with Gasteiger partial charge in [0.2, 0.25) is 0 Å². The van der Waals surface area contributed by atoms with Gasteiger partial charge >= 0.3 is 11.9 Å². The number of carbonyl (C=O) groups is 2. The topological polar surface area (TPSA) is 71.1 Å². The minimum atomic E-state index is -0.476. The second-order valence-corrected chi connectivity index (χ2v) is 8.17. The van der Waals surface area contributed by atoms with Crippen molar-refractivity contribution in [2.24, 2.45) is 0 Å². The summed E-state index contributed by atoms with van der Waals surface area (Å²) in [7, 11) is 0.